The second-order valence-electron chi connectivity index (χ2n) is 7.74. The first-order valence-electron chi connectivity index (χ1n) is 10.5. The van der Waals surface area contributed by atoms with Crippen molar-refractivity contribution in [2.45, 2.75) is 32.1 Å². The van der Waals surface area contributed by atoms with Gasteiger partial charge in [0.25, 0.3) is 0 Å². The number of ketones is 1. The van der Waals surface area contributed by atoms with Crippen LogP contribution in [-0.4, -0.2) is 62.3 Å². The summed E-state index contributed by atoms with van der Waals surface area (Å²) in [7, 11) is 2.92. The molecule has 0 saturated heterocycles. The number of rotatable bonds is 6. The Hall–Kier alpha value is -2.28. The van der Waals surface area contributed by atoms with Gasteiger partial charge in [-0.05, 0) is 60.7 Å². The maximum absolute atomic E-state index is 13.8. The van der Waals surface area contributed by atoms with Gasteiger partial charge in [-0.3, -0.25) is 4.79 Å². The molecule has 0 spiro atoms. The molecule has 1 aliphatic carbocycles. The predicted octanol–water partition coefficient (Wildman–Crippen LogP) is 4.17. The first-order chi connectivity index (χ1) is 15.1. The van der Waals surface area contributed by atoms with Crippen LogP contribution in [0.25, 0.3) is 5.57 Å². The Kier molecular flexibility index (Phi) is 8.40. The van der Waals surface area contributed by atoms with E-state index in [0.29, 0.717) is 39.5 Å². The molecule has 2 aromatic rings. The Balaban J connectivity index is 0.00000289. The van der Waals surface area contributed by atoms with Crippen molar-refractivity contribution in [3.05, 3.63) is 59.2 Å². The molecule has 2 aliphatic rings. The number of methoxy groups -OCH3 is 2. The zero-order valence-electron chi connectivity index (χ0n) is 17.8. The summed E-state index contributed by atoms with van der Waals surface area (Å²) in [5.74, 6) is 1.15. The van der Waals surface area contributed by atoms with Crippen LogP contribution in [0.5, 0.6) is 17.2 Å². The van der Waals surface area contributed by atoms with E-state index in [1.807, 2.05) is 0 Å². The van der Waals surface area contributed by atoms with Crippen LogP contribution in [0.4, 0.5) is 0 Å². The van der Waals surface area contributed by atoms with Gasteiger partial charge >= 0.3 is 35.5 Å². The minimum absolute atomic E-state index is 0. The number of esters is 1. The van der Waals surface area contributed by atoms with E-state index in [1.165, 1.54) is 7.11 Å². The van der Waals surface area contributed by atoms with Crippen molar-refractivity contribution < 1.29 is 28.5 Å². The van der Waals surface area contributed by atoms with E-state index in [9.17, 15) is 9.59 Å². The van der Waals surface area contributed by atoms with Crippen LogP contribution in [0.1, 0.15) is 48.0 Å². The molecule has 1 fully saturated rings. The van der Waals surface area contributed by atoms with Crippen molar-refractivity contribution in [2.24, 2.45) is 5.92 Å². The molecule has 2 aromatic carbocycles. The van der Waals surface area contributed by atoms with Gasteiger partial charge < -0.3 is 18.9 Å². The van der Waals surface area contributed by atoms with Gasteiger partial charge in [-0.15, -0.1) is 0 Å². The Morgan fingerprint density at radius 1 is 0.875 bits per heavy atom. The van der Waals surface area contributed by atoms with Crippen LogP contribution in [0.2, 0.25) is 0 Å². The fraction of sp³-hybridized carbons (Fsp3) is 0.360. The Morgan fingerprint density at radius 3 is 2.19 bits per heavy atom. The van der Waals surface area contributed by atoms with Crippen molar-refractivity contribution in [1.29, 1.82) is 0 Å². The third-order valence-electron chi connectivity index (χ3n) is 5.93. The molecular weight excluding hydrogens is 419 g/mol. The van der Waals surface area contributed by atoms with Gasteiger partial charge in [0.1, 0.15) is 5.75 Å². The van der Waals surface area contributed by atoms with Crippen molar-refractivity contribution in [3.63, 3.8) is 0 Å². The van der Waals surface area contributed by atoms with Crippen LogP contribution in [0, 0.1) is 5.92 Å². The molecule has 0 unspecified atom stereocenters. The van der Waals surface area contributed by atoms with E-state index >= 15 is 0 Å². The number of carbonyl (C=O) groups is 2. The van der Waals surface area contributed by atoms with E-state index in [0.717, 1.165) is 32.1 Å². The van der Waals surface area contributed by atoms with E-state index in [1.54, 1.807) is 49.6 Å². The van der Waals surface area contributed by atoms with Crippen LogP contribution >= 0.6 is 0 Å². The fourth-order valence-corrected chi connectivity index (χ4v) is 4.33. The zero-order chi connectivity index (χ0) is 21.8. The quantitative estimate of drug-likeness (QED) is 0.287. The van der Waals surface area contributed by atoms with Crippen LogP contribution < -0.4 is 14.2 Å². The minimum atomic E-state index is -0.527. The average Bonchev–Trinajstić information content (AvgIpc) is 3.30. The summed E-state index contributed by atoms with van der Waals surface area (Å²) in [6.45, 7) is 0.135. The summed E-state index contributed by atoms with van der Waals surface area (Å²) in [5.41, 5.74) is 1.92. The average molecular weight is 446 g/mol. The molecule has 0 amide bonds. The molecule has 6 nitrogen and oxygen atoms in total. The molecular formula is C25H27NaO6. The Labute approximate surface area is 210 Å². The van der Waals surface area contributed by atoms with Crippen LogP contribution in [-0.2, 0) is 9.53 Å². The maximum atomic E-state index is 13.8. The van der Waals surface area contributed by atoms with Gasteiger partial charge in [0, 0.05) is 11.1 Å². The van der Waals surface area contributed by atoms with Gasteiger partial charge in [-0.2, -0.15) is 0 Å². The molecule has 0 N–H and O–H groups in total. The summed E-state index contributed by atoms with van der Waals surface area (Å²) < 4.78 is 21.3. The topological polar surface area (TPSA) is 71.1 Å². The fourth-order valence-electron chi connectivity index (χ4n) is 4.33. The third-order valence-corrected chi connectivity index (χ3v) is 5.93. The van der Waals surface area contributed by atoms with Crippen molar-refractivity contribution in [3.8, 4) is 17.2 Å². The summed E-state index contributed by atoms with van der Waals surface area (Å²) >= 11 is 0. The van der Waals surface area contributed by atoms with Crippen molar-refractivity contribution in [2.75, 3.05) is 21.0 Å². The number of ether oxygens (including phenoxy) is 4. The molecule has 32 heavy (non-hydrogen) atoms. The number of benzene rings is 2. The summed E-state index contributed by atoms with van der Waals surface area (Å²) in [6.07, 6.45) is 4.92. The molecule has 164 valence electrons. The summed E-state index contributed by atoms with van der Waals surface area (Å²) in [4.78, 5) is 26.8. The summed E-state index contributed by atoms with van der Waals surface area (Å²) in [6, 6.07) is 12.3. The normalized spacial score (nSPS) is 15.9. The number of fused-ring (bicyclic) bond motifs is 1. The molecule has 1 saturated carbocycles. The van der Waals surface area contributed by atoms with E-state index < -0.39 is 5.97 Å². The molecule has 4 rings (SSSR count). The molecule has 0 radical (unpaired) electrons. The first kappa shape index (κ1) is 24.4. The predicted molar refractivity (Wildman–Crippen MR) is 123 cm³/mol. The third kappa shape index (κ3) is 5.03. The number of hydrogen-bond donors (Lipinski definition) is 0. The van der Waals surface area contributed by atoms with E-state index in [4.69, 9.17) is 18.9 Å². The molecule has 1 aliphatic heterocycles. The second kappa shape index (κ2) is 11.0. The van der Waals surface area contributed by atoms with Gasteiger partial charge in [-0.1, -0.05) is 25.3 Å². The standard InChI is InChI=1S/C25H26O6.Na.H/c1-28-19-11-8-17(9-12-19)24(26)22(16-6-4-3-5-7-16)23(25(27)29-2)18-10-13-20-21(14-18)31-15-30-20;;/h8-14,16H,3-7,15H2,1-2H3;;. The van der Waals surface area contributed by atoms with Gasteiger partial charge in [0.2, 0.25) is 6.79 Å². The Bertz CT molecular complexity index is 1010. The van der Waals surface area contributed by atoms with Crippen LogP contribution in [0.3, 0.4) is 0 Å². The first-order valence-corrected chi connectivity index (χ1v) is 10.5. The monoisotopic (exact) mass is 446 g/mol. The second-order valence-corrected chi connectivity index (χ2v) is 7.74. The van der Waals surface area contributed by atoms with Gasteiger partial charge in [0.15, 0.2) is 17.3 Å². The van der Waals surface area contributed by atoms with E-state index in [-0.39, 0.29) is 48.1 Å². The van der Waals surface area contributed by atoms with Crippen molar-refractivity contribution in [1.82, 2.24) is 0 Å². The summed E-state index contributed by atoms with van der Waals surface area (Å²) in [5, 5.41) is 0. The van der Waals surface area contributed by atoms with E-state index in [2.05, 4.69) is 0 Å². The zero-order valence-corrected chi connectivity index (χ0v) is 17.8. The van der Waals surface area contributed by atoms with Gasteiger partial charge in [0.05, 0.1) is 19.8 Å². The molecule has 1 heterocycles. The molecule has 0 bridgehead atoms. The molecule has 0 atom stereocenters. The molecule has 0 aromatic heterocycles. The van der Waals surface area contributed by atoms with Crippen LogP contribution in [0.15, 0.2) is 48.0 Å². The number of allylic oxidation sites excluding steroid dienone is 1. The Morgan fingerprint density at radius 2 is 1.53 bits per heavy atom. The molecule has 7 heteroatoms. The number of Topliss-reactive ketones (excluding diaryl/α,β-unsaturated/α-hetero) is 1. The SMILES string of the molecule is COC(=O)C(=C(C(=O)c1ccc(OC)cc1)C1CCCCC1)c1ccc2c(c1)OCO2.[NaH]. The number of carbonyl (C=O) groups excluding carboxylic acids is 2. The van der Waals surface area contributed by atoms with Gasteiger partial charge in [-0.25, -0.2) is 4.79 Å². The number of hydrogen-bond acceptors (Lipinski definition) is 6. The van der Waals surface area contributed by atoms with Crippen molar-refractivity contribution >= 4 is 46.9 Å².